The predicted molar refractivity (Wildman–Crippen MR) is 104 cm³/mol. The molecule has 0 N–H and O–H groups in total. The van der Waals surface area contributed by atoms with E-state index in [1.165, 1.54) is 17.7 Å². The van der Waals surface area contributed by atoms with Gasteiger partial charge >= 0.3 is 0 Å². The van der Waals surface area contributed by atoms with Crippen LogP contribution in [0.5, 0.6) is 0 Å². The van der Waals surface area contributed by atoms with E-state index in [1.54, 1.807) is 23.5 Å². The third kappa shape index (κ3) is 4.63. The molecule has 1 amide bonds. The predicted octanol–water partition coefficient (Wildman–Crippen LogP) is 3.21. The van der Waals surface area contributed by atoms with Crippen LogP contribution < -0.4 is 0 Å². The van der Waals surface area contributed by atoms with E-state index in [-0.39, 0.29) is 11.7 Å². The lowest BCUT2D eigenvalue weighted by Crippen LogP contribution is -2.48. The largest absolute Gasteiger partial charge is 0.340 e. The Morgan fingerprint density at radius 2 is 1.93 bits per heavy atom. The van der Waals surface area contributed by atoms with Crippen LogP contribution in [0.25, 0.3) is 11.4 Å². The number of nitrogens with zero attached hydrogens (tertiary/aromatic N) is 4. The molecule has 0 aliphatic carbocycles. The van der Waals surface area contributed by atoms with E-state index in [9.17, 15) is 9.18 Å². The molecule has 3 heterocycles. The van der Waals surface area contributed by atoms with Crippen molar-refractivity contribution in [1.29, 1.82) is 0 Å². The number of halogens is 1. The van der Waals surface area contributed by atoms with Crippen molar-refractivity contribution in [2.75, 3.05) is 26.2 Å². The summed E-state index contributed by atoms with van der Waals surface area (Å²) < 4.78 is 18.2. The molecule has 2 aromatic heterocycles. The van der Waals surface area contributed by atoms with Crippen LogP contribution in [0.15, 0.2) is 45.6 Å². The molecule has 0 spiro atoms. The lowest BCUT2D eigenvalue weighted by atomic mass is 10.2. The van der Waals surface area contributed by atoms with E-state index in [0.717, 1.165) is 32.7 Å². The zero-order valence-corrected chi connectivity index (χ0v) is 16.2. The highest BCUT2D eigenvalue weighted by Gasteiger charge is 2.21. The van der Waals surface area contributed by atoms with Crippen molar-refractivity contribution in [3.05, 3.63) is 58.4 Å². The Balaban J connectivity index is 1.24. The van der Waals surface area contributed by atoms with Gasteiger partial charge in [0.05, 0.1) is 0 Å². The van der Waals surface area contributed by atoms with Crippen LogP contribution in [0.4, 0.5) is 4.39 Å². The maximum atomic E-state index is 13.0. The van der Waals surface area contributed by atoms with E-state index in [4.69, 9.17) is 4.52 Å². The van der Waals surface area contributed by atoms with Gasteiger partial charge in [-0.15, -0.1) is 0 Å². The smallest absolute Gasteiger partial charge is 0.227 e. The van der Waals surface area contributed by atoms with Crippen LogP contribution in [0.1, 0.15) is 17.9 Å². The molecule has 1 fully saturated rings. The lowest BCUT2D eigenvalue weighted by Gasteiger charge is -2.34. The zero-order valence-electron chi connectivity index (χ0n) is 15.4. The summed E-state index contributed by atoms with van der Waals surface area (Å²) in [6, 6.07) is 8.06. The number of amides is 1. The molecule has 1 aliphatic rings. The summed E-state index contributed by atoms with van der Waals surface area (Å²) in [6.45, 7) is 4.20. The Morgan fingerprint density at radius 3 is 2.64 bits per heavy atom. The maximum Gasteiger partial charge on any atom is 0.227 e. The van der Waals surface area contributed by atoms with E-state index < -0.39 is 0 Å². The number of rotatable bonds is 6. The first-order valence-electron chi connectivity index (χ1n) is 9.27. The van der Waals surface area contributed by atoms with Crippen molar-refractivity contribution < 1.29 is 13.7 Å². The molecule has 0 saturated carbocycles. The summed E-state index contributed by atoms with van der Waals surface area (Å²) in [5, 5.41) is 8.17. The molecular formula is C20H21FN4O2S. The van der Waals surface area contributed by atoms with E-state index in [1.807, 2.05) is 4.90 Å². The number of hydrogen-bond acceptors (Lipinski definition) is 6. The number of carbonyl (C=O) groups is 1. The number of hydrogen-bond donors (Lipinski definition) is 0. The molecular weight excluding hydrogens is 379 g/mol. The van der Waals surface area contributed by atoms with Gasteiger partial charge in [0.15, 0.2) is 0 Å². The molecule has 1 aromatic carbocycles. The highest BCUT2D eigenvalue weighted by molar-refractivity contribution is 7.07. The fourth-order valence-electron chi connectivity index (χ4n) is 3.24. The molecule has 1 saturated heterocycles. The van der Waals surface area contributed by atoms with Gasteiger partial charge in [-0.1, -0.05) is 5.16 Å². The van der Waals surface area contributed by atoms with Crippen molar-refractivity contribution >= 4 is 17.2 Å². The third-order valence-electron chi connectivity index (χ3n) is 4.83. The lowest BCUT2D eigenvalue weighted by molar-refractivity contribution is -0.133. The average Bonchev–Trinajstić information content (AvgIpc) is 3.39. The molecule has 0 bridgehead atoms. The first kappa shape index (κ1) is 18.8. The molecule has 6 nitrogen and oxygen atoms in total. The third-order valence-corrected chi connectivity index (χ3v) is 5.57. The van der Waals surface area contributed by atoms with Gasteiger partial charge in [-0.25, -0.2) is 4.39 Å². The van der Waals surface area contributed by atoms with Crippen LogP contribution in [0, 0.1) is 5.82 Å². The quantitative estimate of drug-likeness (QED) is 0.636. The number of benzene rings is 1. The molecule has 0 radical (unpaired) electrons. The van der Waals surface area contributed by atoms with Gasteiger partial charge in [0.25, 0.3) is 0 Å². The number of aromatic nitrogens is 2. The van der Waals surface area contributed by atoms with Crippen LogP contribution in [-0.2, 0) is 17.8 Å². The second-order valence-electron chi connectivity index (χ2n) is 6.81. The van der Waals surface area contributed by atoms with Crippen molar-refractivity contribution in [1.82, 2.24) is 19.9 Å². The highest BCUT2D eigenvalue weighted by atomic mass is 32.1. The second-order valence-corrected chi connectivity index (χ2v) is 7.59. The maximum absolute atomic E-state index is 13.0. The molecule has 28 heavy (non-hydrogen) atoms. The van der Waals surface area contributed by atoms with Gasteiger partial charge in [-0.2, -0.15) is 16.3 Å². The Hall–Kier alpha value is -2.58. The first-order chi connectivity index (χ1) is 13.7. The van der Waals surface area contributed by atoms with Gasteiger partial charge in [-0.05, 0) is 46.7 Å². The SMILES string of the molecule is O=C(CCc1nc(-c2ccc(F)cc2)no1)N1CCN(Cc2ccsc2)CC1. The normalized spacial score (nSPS) is 15.1. The minimum atomic E-state index is -0.312. The Bertz CT molecular complexity index is 903. The summed E-state index contributed by atoms with van der Waals surface area (Å²) >= 11 is 1.71. The van der Waals surface area contributed by atoms with Crippen molar-refractivity contribution in [2.24, 2.45) is 0 Å². The van der Waals surface area contributed by atoms with Crippen LogP contribution in [0.3, 0.4) is 0 Å². The average molecular weight is 400 g/mol. The van der Waals surface area contributed by atoms with Crippen LogP contribution in [0.2, 0.25) is 0 Å². The Kier molecular flexibility index (Phi) is 5.78. The van der Waals surface area contributed by atoms with E-state index in [0.29, 0.717) is 30.1 Å². The second kappa shape index (κ2) is 8.62. The molecule has 8 heteroatoms. The highest BCUT2D eigenvalue weighted by Crippen LogP contribution is 2.17. The number of aryl methyl sites for hydroxylation is 1. The van der Waals surface area contributed by atoms with Gasteiger partial charge in [-0.3, -0.25) is 9.69 Å². The summed E-state index contributed by atoms with van der Waals surface area (Å²) in [6.07, 6.45) is 0.748. The van der Waals surface area contributed by atoms with Crippen molar-refractivity contribution in [2.45, 2.75) is 19.4 Å². The van der Waals surface area contributed by atoms with Gasteiger partial charge in [0.1, 0.15) is 5.82 Å². The summed E-state index contributed by atoms with van der Waals surface area (Å²) in [7, 11) is 0. The minimum Gasteiger partial charge on any atom is -0.340 e. The Labute approximate surface area is 166 Å². The molecule has 1 aliphatic heterocycles. The number of thiophene rings is 1. The first-order valence-corrected chi connectivity index (χ1v) is 10.2. The van der Waals surface area contributed by atoms with E-state index in [2.05, 4.69) is 31.9 Å². The fourth-order valence-corrected chi connectivity index (χ4v) is 3.90. The van der Waals surface area contributed by atoms with Crippen molar-refractivity contribution in [3.8, 4) is 11.4 Å². The summed E-state index contributed by atoms with van der Waals surface area (Å²) in [5.74, 6) is 0.624. The van der Waals surface area contributed by atoms with Gasteiger partial charge in [0, 0.05) is 51.1 Å². The molecule has 0 unspecified atom stereocenters. The number of piperazine rings is 1. The van der Waals surface area contributed by atoms with Crippen molar-refractivity contribution in [3.63, 3.8) is 0 Å². The Morgan fingerprint density at radius 1 is 1.14 bits per heavy atom. The number of carbonyl (C=O) groups excluding carboxylic acids is 1. The minimum absolute atomic E-state index is 0.108. The molecule has 0 atom stereocenters. The molecule has 146 valence electrons. The van der Waals surface area contributed by atoms with Crippen LogP contribution in [-0.4, -0.2) is 52.0 Å². The zero-order chi connectivity index (χ0) is 19.3. The van der Waals surface area contributed by atoms with Crippen LogP contribution >= 0.6 is 11.3 Å². The fraction of sp³-hybridized carbons (Fsp3) is 0.350. The topological polar surface area (TPSA) is 62.5 Å². The standard InChI is InChI=1S/C20H21FN4O2S/c21-17-3-1-16(2-4-17)20-22-18(27-23-20)5-6-19(26)25-10-8-24(9-11-25)13-15-7-12-28-14-15/h1-4,7,12,14H,5-6,8-11,13H2. The van der Waals surface area contributed by atoms with Gasteiger partial charge in [0.2, 0.25) is 17.6 Å². The van der Waals surface area contributed by atoms with Gasteiger partial charge < -0.3 is 9.42 Å². The van der Waals surface area contributed by atoms with E-state index >= 15 is 0 Å². The summed E-state index contributed by atoms with van der Waals surface area (Å²) in [4.78, 5) is 21.1. The molecule has 4 rings (SSSR count). The summed E-state index contributed by atoms with van der Waals surface area (Å²) in [5.41, 5.74) is 2.02. The monoisotopic (exact) mass is 400 g/mol. The molecule has 3 aromatic rings.